The number of aldehydes is 1. The Kier molecular flexibility index (Phi) is 3.93. The maximum absolute atomic E-state index is 11.0. The van der Waals surface area contributed by atoms with Crippen LogP contribution < -0.4 is 9.47 Å². The first-order chi connectivity index (χ1) is 9.20. The van der Waals surface area contributed by atoms with E-state index < -0.39 is 5.97 Å². The van der Waals surface area contributed by atoms with Crippen molar-refractivity contribution in [1.82, 2.24) is 0 Å². The molecule has 0 saturated carbocycles. The number of para-hydroxylation sites is 3. The van der Waals surface area contributed by atoms with Crippen LogP contribution in [0.25, 0.3) is 0 Å². The lowest BCUT2D eigenvalue weighted by Crippen LogP contribution is -2.02. The largest absolute Gasteiger partial charge is 0.453 e. The van der Waals surface area contributed by atoms with Crippen molar-refractivity contribution < 1.29 is 19.1 Å². The van der Waals surface area contributed by atoms with Gasteiger partial charge in [0, 0.05) is 6.92 Å². The van der Waals surface area contributed by atoms with E-state index in [9.17, 15) is 9.59 Å². The first kappa shape index (κ1) is 12.8. The van der Waals surface area contributed by atoms with E-state index in [0.717, 1.165) is 0 Å². The van der Waals surface area contributed by atoms with E-state index in [1.807, 2.05) is 0 Å². The molecule has 0 spiro atoms. The fourth-order valence-corrected chi connectivity index (χ4v) is 1.56. The van der Waals surface area contributed by atoms with Gasteiger partial charge in [0.2, 0.25) is 0 Å². The number of hydrogen-bond acceptors (Lipinski definition) is 4. The second-order valence-electron chi connectivity index (χ2n) is 3.80. The van der Waals surface area contributed by atoms with Crippen molar-refractivity contribution in [3.63, 3.8) is 0 Å². The summed E-state index contributed by atoms with van der Waals surface area (Å²) in [6, 6.07) is 13.6. The van der Waals surface area contributed by atoms with E-state index in [1.54, 1.807) is 48.5 Å². The molecule has 0 atom stereocenters. The average molecular weight is 256 g/mol. The molecule has 0 saturated heterocycles. The maximum atomic E-state index is 11.0. The van der Waals surface area contributed by atoms with Gasteiger partial charge in [0.05, 0.1) is 5.56 Å². The third kappa shape index (κ3) is 3.19. The van der Waals surface area contributed by atoms with Crippen LogP contribution >= 0.6 is 0 Å². The van der Waals surface area contributed by atoms with E-state index in [2.05, 4.69) is 0 Å². The highest BCUT2D eigenvalue weighted by atomic mass is 16.6. The van der Waals surface area contributed by atoms with Crippen molar-refractivity contribution in [1.29, 1.82) is 0 Å². The third-order valence-corrected chi connectivity index (χ3v) is 2.37. The molecule has 0 aromatic heterocycles. The van der Waals surface area contributed by atoms with Gasteiger partial charge in [-0.2, -0.15) is 0 Å². The molecule has 0 N–H and O–H groups in total. The van der Waals surface area contributed by atoms with Crippen molar-refractivity contribution in [2.75, 3.05) is 0 Å². The molecule has 0 radical (unpaired) electrons. The highest BCUT2D eigenvalue weighted by molar-refractivity contribution is 5.79. The molecular formula is C15H12O4. The quantitative estimate of drug-likeness (QED) is 0.479. The Morgan fingerprint density at radius 3 is 2.16 bits per heavy atom. The number of esters is 1. The molecule has 0 unspecified atom stereocenters. The van der Waals surface area contributed by atoms with Gasteiger partial charge < -0.3 is 9.47 Å². The summed E-state index contributed by atoms with van der Waals surface area (Å²) in [6.45, 7) is 1.32. The summed E-state index contributed by atoms with van der Waals surface area (Å²) >= 11 is 0. The molecule has 4 nitrogen and oxygen atoms in total. The van der Waals surface area contributed by atoms with Gasteiger partial charge in [-0.1, -0.05) is 24.3 Å². The first-order valence-electron chi connectivity index (χ1n) is 5.70. The molecular weight excluding hydrogens is 244 g/mol. The van der Waals surface area contributed by atoms with E-state index in [-0.39, 0.29) is 0 Å². The predicted octanol–water partition coefficient (Wildman–Crippen LogP) is 3.22. The summed E-state index contributed by atoms with van der Waals surface area (Å²) < 4.78 is 10.7. The summed E-state index contributed by atoms with van der Waals surface area (Å²) in [6.07, 6.45) is 0.712. The topological polar surface area (TPSA) is 52.6 Å². The number of carbonyl (C=O) groups excluding carboxylic acids is 2. The van der Waals surface area contributed by atoms with Gasteiger partial charge in [0.1, 0.15) is 5.75 Å². The minimum absolute atomic E-state index is 0.315. The zero-order chi connectivity index (χ0) is 13.7. The van der Waals surface area contributed by atoms with Crippen LogP contribution in [-0.2, 0) is 4.79 Å². The van der Waals surface area contributed by atoms with Crippen LogP contribution in [0, 0.1) is 0 Å². The Hall–Kier alpha value is -2.62. The molecule has 2 aromatic rings. The molecule has 4 heteroatoms. The summed E-state index contributed by atoms with van der Waals surface area (Å²) in [5.74, 6) is 0.680. The van der Waals surface area contributed by atoms with Crippen molar-refractivity contribution in [2.24, 2.45) is 0 Å². The van der Waals surface area contributed by atoms with Crippen LogP contribution in [0.15, 0.2) is 48.5 Å². The van der Waals surface area contributed by atoms with Crippen LogP contribution in [0.1, 0.15) is 17.3 Å². The zero-order valence-corrected chi connectivity index (χ0v) is 10.3. The Morgan fingerprint density at radius 1 is 0.947 bits per heavy atom. The molecule has 0 aliphatic rings. The number of rotatable bonds is 4. The molecule has 2 aromatic carbocycles. The second kappa shape index (κ2) is 5.82. The Labute approximate surface area is 110 Å². The Morgan fingerprint density at radius 2 is 1.53 bits per heavy atom. The minimum atomic E-state index is -0.431. The summed E-state index contributed by atoms with van der Waals surface area (Å²) in [5, 5.41) is 0. The number of benzene rings is 2. The SMILES string of the molecule is CC(=O)Oc1ccccc1Oc1ccccc1C=O. The molecule has 0 heterocycles. The van der Waals surface area contributed by atoms with E-state index in [4.69, 9.17) is 9.47 Å². The average Bonchev–Trinajstić information content (AvgIpc) is 2.41. The Bertz CT molecular complexity index is 605. The van der Waals surface area contributed by atoms with Crippen LogP contribution in [0.3, 0.4) is 0 Å². The van der Waals surface area contributed by atoms with Crippen molar-refractivity contribution in [3.05, 3.63) is 54.1 Å². The highest BCUT2D eigenvalue weighted by Crippen LogP contribution is 2.32. The van der Waals surface area contributed by atoms with Gasteiger partial charge in [-0.3, -0.25) is 9.59 Å². The molecule has 2 rings (SSSR count). The lowest BCUT2D eigenvalue weighted by atomic mass is 10.2. The van der Waals surface area contributed by atoms with Crippen LogP contribution in [0.4, 0.5) is 0 Å². The maximum Gasteiger partial charge on any atom is 0.308 e. The molecule has 0 amide bonds. The van der Waals surface area contributed by atoms with E-state index in [1.165, 1.54) is 6.92 Å². The zero-order valence-electron chi connectivity index (χ0n) is 10.3. The van der Waals surface area contributed by atoms with E-state index >= 15 is 0 Å². The standard InChI is InChI=1S/C15H12O4/c1-11(17)18-14-8-4-5-9-15(14)19-13-7-3-2-6-12(13)10-16/h2-10H,1H3. The van der Waals surface area contributed by atoms with Crippen LogP contribution in [0.5, 0.6) is 17.2 Å². The second-order valence-corrected chi connectivity index (χ2v) is 3.80. The number of carbonyl (C=O) groups is 2. The van der Waals surface area contributed by atoms with Gasteiger partial charge in [0.15, 0.2) is 17.8 Å². The molecule has 19 heavy (non-hydrogen) atoms. The van der Waals surface area contributed by atoms with Gasteiger partial charge in [-0.25, -0.2) is 0 Å². The lowest BCUT2D eigenvalue weighted by molar-refractivity contribution is -0.132. The monoisotopic (exact) mass is 256 g/mol. The number of ether oxygens (including phenoxy) is 2. The minimum Gasteiger partial charge on any atom is -0.453 e. The molecule has 0 aliphatic carbocycles. The number of hydrogen-bond donors (Lipinski definition) is 0. The van der Waals surface area contributed by atoms with Crippen LogP contribution in [0.2, 0.25) is 0 Å². The smallest absolute Gasteiger partial charge is 0.308 e. The van der Waals surface area contributed by atoms with Crippen molar-refractivity contribution in [3.8, 4) is 17.2 Å². The fourth-order valence-electron chi connectivity index (χ4n) is 1.56. The van der Waals surface area contributed by atoms with Crippen molar-refractivity contribution in [2.45, 2.75) is 6.92 Å². The molecule has 96 valence electrons. The highest BCUT2D eigenvalue weighted by Gasteiger charge is 2.09. The predicted molar refractivity (Wildman–Crippen MR) is 69.7 cm³/mol. The van der Waals surface area contributed by atoms with Crippen LogP contribution in [-0.4, -0.2) is 12.3 Å². The summed E-state index contributed by atoms with van der Waals surface area (Å²) in [4.78, 5) is 21.9. The molecule has 0 fully saturated rings. The van der Waals surface area contributed by atoms with Gasteiger partial charge >= 0.3 is 5.97 Å². The lowest BCUT2D eigenvalue weighted by Gasteiger charge is -2.11. The fraction of sp³-hybridized carbons (Fsp3) is 0.0667. The normalized spacial score (nSPS) is 9.74. The Balaban J connectivity index is 2.32. The third-order valence-electron chi connectivity index (χ3n) is 2.37. The van der Waals surface area contributed by atoms with E-state index in [0.29, 0.717) is 29.1 Å². The summed E-state index contributed by atoms with van der Waals surface area (Å²) in [7, 11) is 0. The molecule has 0 aliphatic heterocycles. The van der Waals surface area contributed by atoms with Crippen molar-refractivity contribution >= 4 is 12.3 Å². The van der Waals surface area contributed by atoms with Gasteiger partial charge in [0.25, 0.3) is 0 Å². The molecule has 0 bridgehead atoms. The van der Waals surface area contributed by atoms with Gasteiger partial charge in [-0.05, 0) is 24.3 Å². The van der Waals surface area contributed by atoms with Gasteiger partial charge in [-0.15, -0.1) is 0 Å². The summed E-state index contributed by atoms with van der Waals surface area (Å²) in [5.41, 5.74) is 0.431. The first-order valence-corrected chi connectivity index (χ1v) is 5.70.